The van der Waals surface area contributed by atoms with Gasteiger partial charge in [-0.1, -0.05) is 12.1 Å². The Kier molecular flexibility index (Phi) is 4.79. The molecular weight excluding hydrogens is 306 g/mol. The monoisotopic (exact) mass is 327 g/mol. The van der Waals surface area contributed by atoms with Crippen molar-refractivity contribution in [1.82, 2.24) is 14.9 Å². The van der Waals surface area contributed by atoms with Crippen LogP contribution in [0, 0.1) is 6.92 Å². The average molecular weight is 327 g/mol. The molecule has 5 heteroatoms. The largest absolute Gasteiger partial charge is 0.497 e. The summed E-state index contributed by atoms with van der Waals surface area (Å²) in [5.41, 5.74) is 1.15. The van der Waals surface area contributed by atoms with Crippen molar-refractivity contribution < 1.29 is 4.74 Å². The van der Waals surface area contributed by atoms with Crippen LogP contribution in [-0.2, 0) is 13.6 Å². The number of aromatic nitrogens is 2. The zero-order valence-corrected chi connectivity index (χ0v) is 14.4. The number of rotatable bonds is 6. The summed E-state index contributed by atoms with van der Waals surface area (Å²) in [6, 6.07) is 12.5. The van der Waals surface area contributed by atoms with Crippen LogP contribution < -0.4 is 10.1 Å². The summed E-state index contributed by atoms with van der Waals surface area (Å²) in [4.78, 5) is 7.18. The van der Waals surface area contributed by atoms with Gasteiger partial charge in [-0.05, 0) is 36.8 Å². The predicted molar refractivity (Wildman–Crippen MR) is 93.9 cm³/mol. The second-order valence-electron chi connectivity index (χ2n) is 5.50. The van der Waals surface area contributed by atoms with Crippen molar-refractivity contribution in [1.29, 1.82) is 0 Å². The predicted octanol–water partition coefficient (Wildman–Crippen LogP) is 3.68. The smallest absolute Gasteiger partial charge is 0.130 e. The lowest BCUT2D eigenvalue weighted by molar-refractivity contribution is 0.413. The van der Waals surface area contributed by atoms with Crippen LogP contribution in [0.25, 0.3) is 0 Å². The first-order valence-corrected chi connectivity index (χ1v) is 8.39. The topological polar surface area (TPSA) is 39.1 Å². The zero-order valence-electron chi connectivity index (χ0n) is 13.6. The van der Waals surface area contributed by atoms with Crippen molar-refractivity contribution >= 4 is 11.3 Å². The van der Waals surface area contributed by atoms with E-state index >= 15 is 0 Å². The van der Waals surface area contributed by atoms with Crippen LogP contribution in [0.15, 0.2) is 48.8 Å². The molecule has 0 saturated carbocycles. The van der Waals surface area contributed by atoms with Crippen molar-refractivity contribution in [3.05, 3.63) is 69.9 Å². The zero-order chi connectivity index (χ0) is 16.2. The molecular formula is C18H21N3OS. The van der Waals surface area contributed by atoms with Gasteiger partial charge in [-0.15, -0.1) is 11.3 Å². The van der Waals surface area contributed by atoms with Gasteiger partial charge < -0.3 is 9.30 Å². The highest BCUT2D eigenvalue weighted by Crippen LogP contribution is 2.25. The van der Waals surface area contributed by atoms with Gasteiger partial charge in [-0.3, -0.25) is 5.32 Å². The summed E-state index contributed by atoms with van der Waals surface area (Å²) in [5, 5.41) is 3.63. The third-order valence-corrected chi connectivity index (χ3v) is 4.82. The normalized spacial score (nSPS) is 12.3. The Morgan fingerprint density at radius 1 is 1.30 bits per heavy atom. The lowest BCUT2D eigenvalue weighted by atomic mass is 10.1. The molecule has 0 spiro atoms. The minimum absolute atomic E-state index is 0.0208. The third kappa shape index (κ3) is 3.63. The number of imidazole rings is 1. The molecule has 0 aliphatic rings. The first kappa shape index (κ1) is 15.8. The van der Waals surface area contributed by atoms with Gasteiger partial charge in [0.1, 0.15) is 11.6 Å². The summed E-state index contributed by atoms with van der Waals surface area (Å²) >= 11 is 1.82. The van der Waals surface area contributed by atoms with E-state index in [0.29, 0.717) is 0 Å². The van der Waals surface area contributed by atoms with Crippen LogP contribution in [0.2, 0.25) is 0 Å². The van der Waals surface area contributed by atoms with E-state index in [-0.39, 0.29) is 6.04 Å². The molecule has 3 aromatic rings. The summed E-state index contributed by atoms with van der Waals surface area (Å²) in [5.74, 6) is 1.85. The molecule has 0 unspecified atom stereocenters. The van der Waals surface area contributed by atoms with Crippen molar-refractivity contribution in [2.75, 3.05) is 7.11 Å². The van der Waals surface area contributed by atoms with Crippen molar-refractivity contribution in [2.24, 2.45) is 7.05 Å². The standard InChI is InChI=1S/C18H21N3OS/c1-13-7-8-16(23-13)12-20-17(18-19-9-10-21(18)2)14-5-4-6-15(11-14)22-3/h4-11,17,20H,12H2,1-3H3/t17-/m0/s1. The van der Waals surface area contributed by atoms with E-state index in [1.165, 1.54) is 9.75 Å². The van der Waals surface area contributed by atoms with Gasteiger partial charge in [0.15, 0.2) is 0 Å². The summed E-state index contributed by atoms with van der Waals surface area (Å²) in [7, 11) is 3.71. The van der Waals surface area contributed by atoms with Gasteiger partial charge in [-0.2, -0.15) is 0 Å². The van der Waals surface area contributed by atoms with E-state index in [2.05, 4.69) is 46.1 Å². The molecule has 23 heavy (non-hydrogen) atoms. The van der Waals surface area contributed by atoms with E-state index in [1.807, 2.05) is 42.9 Å². The summed E-state index contributed by atoms with van der Waals surface area (Å²) in [6.45, 7) is 2.94. The molecule has 1 aromatic carbocycles. The number of benzene rings is 1. The molecule has 2 aromatic heterocycles. The van der Waals surface area contributed by atoms with Gasteiger partial charge in [0.2, 0.25) is 0 Å². The Morgan fingerprint density at radius 2 is 2.17 bits per heavy atom. The first-order chi connectivity index (χ1) is 11.2. The highest BCUT2D eigenvalue weighted by molar-refractivity contribution is 7.11. The van der Waals surface area contributed by atoms with Crippen LogP contribution in [0.5, 0.6) is 5.75 Å². The number of aryl methyl sites for hydroxylation is 2. The molecule has 0 aliphatic heterocycles. The molecule has 0 amide bonds. The maximum atomic E-state index is 5.37. The SMILES string of the molecule is COc1cccc([C@H](NCc2ccc(C)s2)c2nccn2C)c1. The van der Waals surface area contributed by atoms with E-state index in [9.17, 15) is 0 Å². The molecule has 1 N–H and O–H groups in total. The lowest BCUT2D eigenvalue weighted by Crippen LogP contribution is -2.24. The molecule has 2 heterocycles. The second kappa shape index (κ2) is 6.98. The number of hydrogen-bond acceptors (Lipinski definition) is 4. The Bertz CT molecular complexity index is 778. The van der Waals surface area contributed by atoms with Gasteiger partial charge in [0.25, 0.3) is 0 Å². The number of nitrogens with one attached hydrogen (secondary N) is 1. The van der Waals surface area contributed by atoms with Crippen LogP contribution >= 0.6 is 11.3 Å². The van der Waals surface area contributed by atoms with Gasteiger partial charge >= 0.3 is 0 Å². The highest BCUT2D eigenvalue weighted by atomic mass is 32.1. The fourth-order valence-corrected chi connectivity index (χ4v) is 3.46. The van der Waals surface area contributed by atoms with E-state index in [1.54, 1.807) is 7.11 Å². The van der Waals surface area contributed by atoms with Crippen LogP contribution in [0.1, 0.15) is 27.2 Å². The first-order valence-electron chi connectivity index (χ1n) is 7.57. The minimum atomic E-state index is 0.0208. The Hall–Kier alpha value is -2.11. The molecule has 3 rings (SSSR count). The fourth-order valence-electron chi connectivity index (χ4n) is 2.62. The Balaban J connectivity index is 1.88. The number of thiophene rings is 1. The van der Waals surface area contributed by atoms with Crippen molar-refractivity contribution in [2.45, 2.75) is 19.5 Å². The average Bonchev–Trinajstić information content (AvgIpc) is 3.17. The number of ether oxygens (including phenoxy) is 1. The van der Waals surface area contributed by atoms with Crippen molar-refractivity contribution in [3.63, 3.8) is 0 Å². The number of nitrogens with zero attached hydrogens (tertiary/aromatic N) is 2. The van der Waals surface area contributed by atoms with Crippen LogP contribution in [0.4, 0.5) is 0 Å². The molecule has 0 bridgehead atoms. The maximum Gasteiger partial charge on any atom is 0.130 e. The maximum absolute atomic E-state index is 5.37. The summed E-state index contributed by atoms with van der Waals surface area (Å²) in [6.07, 6.45) is 3.80. The van der Waals surface area contributed by atoms with Gasteiger partial charge in [0.05, 0.1) is 13.2 Å². The Labute approximate surface area is 140 Å². The van der Waals surface area contributed by atoms with Crippen molar-refractivity contribution in [3.8, 4) is 5.75 Å². The van der Waals surface area contributed by atoms with Crippen LogP contribution in [0.3, 0.4) is 0 Å². The van der Waals surface area contributed by atoms with Crippen LogP contribution in [-0.4, -0.2) is 16.7 Å². The molecule has 0 saturated heterocycles. The molecule has 1 atom stereocenters. The lowest BCUT2D eigenvalue weighted by Gasteiger charge is -2.19. The van der Waals surface area contributed by atoms with E-state index in [0.717, 1.165) is 23.7 Å². The molecule has 4 nitrogen and oxygen atoms in total. The summed E-state index contributed by atoms with van der Waals surface area (Å²) < 4.78 is 7.42. The van der Waals surface area contributed by atoms with Gasteiger partial charge in [-0.25, -0.2) is 4.98 Å². The third-order valence-electron chi connectivity index (χ3n) is 3.82. The molecule has 0 aliphatic carbocycles. The molecule has 0 fully saturated rings. The highest BCUT2D eigenvalue weighted by Gasteiger charge is 2.18. The molecule has 120 valence electrons. The minimum Gasteiger partial charge on any atom is -0.497 e. The molecule has 0 radical (unpaired) electrons. The fraction of sp³-hybridized carbons (Fsp3) is 0.278. The van der Waals surface area contributed by atoms with E-state index < -0.39 is 0 Å². The number of methoxy groups -OCH3 is 1. The Morgan fingerprint density at radius 3 is 2.83 bits per heavy atom. The second-order valence-corrected chi connectivity index (χ2v) is 6.87. The number of hydrogen-bond donors (Lipinski definition) is 1. The van der Waals surface area contributed by atoms with E-state index in [4.69, 9.17) is 4.74 Å². The quantitative estimate of drug-likeness (QED) is 0.751. The van der Waals surface area contributed by atoms with Gasteiger partial charge in [0, 0.05) is 35.7 Å².